The van der Waals surface area contributed by atoms with Gasteiger partial charge < -0.3 is 19.5 Å². The first-order valence-electron chi connectivity index (χ1n) is 13.9. The van der Waals surface area contributed by atoms with Gasteiger partial charge in [0.2, 0.25) is 5.95 Å². The molecule has 1 N–H and O–H groups in total. The van der Waals surface area contributed by atoms with Crippen LogP contribution in [0.2, 0.25) is 0 Å². The molecule has 5 rings (SSSR count). The Kier molecular flexibility index (Phi) is 8.67. The maximum Gasteiger partial charge on any atom is 0.226 e. The van der Waals surface area contributed by atoms with Gasteiger partial charge in [0, 0.05) is 55.4 Å². The number of allylic oxidation sites excluding steroid dienone is 1. The summed E-state index contributed by atoms with van der Waals surface area (Å²) in [7, 11) is 0. The lowest BCUT2D eigenvalue weighted by Crippen LogP contribution is -2.46. The summed E-state index contributed by atoms with van der Waals surface area (Å²) in [6.45, 7) is 14.7. The van der Waals surface area contributed by atoms with Crippen LogP contribution in [0.25, 0.3) is 16.8 Å². The number of morpholine rings is 2. The zero-order valence-electron chi connectivity index (χ0n) is 23.2. The minimum Gasteiger partial charge on any atom is -0.378 e. The molecule has 8 heteroatoms. The van der Waals surface area contributed by atoms with Crippen LogP contribution in [0.4, 0.5) is 5.95 Å². The molecule has 2 fully saturated rings. The van der Waals surface area contributed by atoms with Gasteiger partial charge in [0.25, 0.3) is 0 Å². The molecular formula is C31H39N5O3. The van der Waals surface area contributed by atoms with Crippen molar-refractivity contribution in [1.29, 1.82) is 0 Å². The van der Waals surface area contributed by atoms with Gasteiger partial charge in [0.1, 0.15) is 6.23 Å². The topological polar surface area (TPSA) is 83.8 Å². The summed E-state index contributed by atoms with van der Waals surface area (Å²) >= 11 is 0. The van der Waals surface area contributed by atoms with Gasteiger partial charge in [0.15, 0.2) is 0 Å². The first-order chi connectivity index (χ1) is 18.9. The van der Waals surface area contributed by atoms with Crippen molar-refractivity contribution in [2.24, 2.45) is 0 Å². The first-order valence-corrected chi connectivity index (χ1v) is 13.9. The van der Waals surface area contributed by atoms with Crippen molar-refractivity contribution in [2.45, 2.75) is 52.0 Å². The number of hydrogen-bond acceptors (Lipinski definition) is 8. The fourth-order valence-corrected chi connectivity index (χ4v) is 5.49. The predicted molar refractivity (Wildman–Crippen MR) is 153 cm³/mol. The van der Waals surface area contributed by atoms with Crippen molar-refractivity contribution >= 4 is 11.5 Å². The van der Waals surface area contributed by atoms with E-state index in [0.29, 0.717) is 26.3 Å². The average molecular weight is 530 g/mol. The normalized spacial score (nSPS) is 21.1. The van der Waals surface area contributed by atoms with Crippen LogP contribution in [0.15, 0.2) is 55.4 Å². The molecule has 0 spiro atoms. The Morgan fingerprint density at radius 1 is 1.10 bits per heavy atom. The molecule has 0 bridgehead atoms. The van der Waals surface area contributed by atoms with Gasteiger partial charge >= 0.3 is 0 Å². The zero-order valence-corrected chi connectivity index (χ0v) is 23.2. The van der Waals surface area contributed by atoms with Crippen molar-refractivity contribution in [2.75, 3.05) is 44.3 Å². The number of aliphatic hydroxyl groups excluding tert-OH is 1. The number of benzene rings is 1. The third-order valence-corrected chi connectivity index (χ3v) is 7.49. The minimum atomic E-state index is -0.714. The molecule has 2 aliphatic rings. The van der Waals surface area contributed by atoms with Crippen LogP contribution in [0.3, 0.4) is 0 Å². The van der Waals surface area contributed by atoms with Gasteiger partial charge in [-0.15, -0.1) is 0 Å². The van der Waals surface area contributed by atoms with E-state index in [1.165, 1.54) is 0 Å². The quantitative estimate of drug-likeness (QED) is 0.459. The summed E-state index contributed by atoms with van der Waals surface area (Å²) in [5, 5.41) is 11.3. The molecule has 0 amide bonds. The Morgan fingerprint density at radius 2 is 1.87 bits per heavy atom. The molecule has 2 aliphatic heterocycles. The van der Waals surface area contributed by atoms with Crippen LogP contribution in [-0.2, 0) is 15.9 Å². The number of ether oxygens (including phenoxy) is 2. The number of aryl methyl sites for hydroxylation is 1. The lowest BCUT2D eigenvalue weighted by molar-refractivity contribution is -0.121. The minimum absolute atomic E-state index is 0.0756. The Balaban J connectivity index is 1.48. The van der Waals surface area contributed by atoms with Gasteiger partial charge in [0.05, 0.1) is 31.1 Å². The molecule has 3 aromatic rings. The highest BCUT2D eigenvalue weighted by atomic mass is 16.5. The number of hydrogen-bond donors (Lipinski definition) is 1. The lowest BCUT2D eigenvalue weighted by atomic mass is 9.95. The fourth-order valence-electron chi connectivity index (χ4n) is 5.49. The molecule has 39 heavy (non-hydrogen) atoms. The van der Waals surface area contributed by atoms with Crippen LogP contribution < -0.4 is 4.90 Å². The summed E-state index contributed by atoms with van der Waals surface area (Å²) in [5.74, 6) is 0.724. The molecule has 4 heterocycles. The van der Waals surface area contributed by atoms with Crippen LogP contribution in [0, 0.1) is 6.92 Å². The third kappa shape index (κ3) is 6.53. The van der Waals surface area contributed by atoms with Crippen LogP contribution >= 0.6 is 0 Å². The van der Waals surface area contributed by atoms with E-state index in [-0.39, 0.29) is 12.2 Å². The second kappa shape index (κ2) is 12.3. The van der Waals surface area contributed by atoms with Gasteiger partial charge in [-0.25, -0.2) is 9.97 Å². The molecular weight excluding hydrogens is 490 g/mol. The SMILES string of the molecule is C=C(CCc1c(C)nc(N2CCOCC2)nc1-c1cccc(C(O)N2CC(C)OC(C)C2)c1)c1cccnc1. The molecule has 1 aromatic carbocycles. The third-order valence-electron chi connectivity index (χ3n) is 7.49. The highest BCUT2D eigenvalue weighted by Gasteiger charge is 2.28. The van der Waals surface area contributed by atoms with E-state index in [9.17, 15) is 5.11 Å². The van der Waals surface area contributed by atoms with E-state index < -0.39 is 6.23 Å². The van der Waals surface area contributed by atoms with Crippen LogP contribution in [0.1, 0.15) is 48.9 Å². The molecule has 3 unspecified atom stereocenters. The van der Waals surface area contributed by atoms with Crippen LogP contribution in [0.5, 0.6) is 0 Å². The number of rotatable bonds is 8. The summed E-state index contributed by atoms with van der Waals surface area (Å²) in [5.41, 5.74) is 6.86. The second-order valence-corrected chi connectivity index (χ2v) is 10.6. The van der Waals surface area contributed by atoms with Gasteiger partial charge in [-0.05, 0) is 62.4 Å². The van der Waals surface area contributed by atoms with Crippen molar-refractivity contribution < 1.29 is 14.6 Å². The Hall–Kier alpha value is -3.17. The van der Waals surface area contributed by atoms with Gasteiger partial charge in [-0.2, -0.15) is 0 Å². The standard InChI is InChI=1S/C31H39N5O3/c1-21(27-9-6-12-32-18-27)10-11-28-24(4)33-31(35-13-15-38-16-14-35)34-29(28)25-7-5-8-26(17-25)30(37)36-19-22(2)39-23(3)20-36/h5-9,12,17-18,22-23,30,37H,1,10-11,13-16,19-20H2,2-4H3. The number of anilines is 1. The maximum atomic E-state index is 11.3. The molecule has 206 valence electrons. The number of pyridine rings is 1. The summed E-state index contributed by atoms with van der Waals surface area (Å²) in [4.78, 5) is 18.6. The molecule has 8 nitrogen and oxygen atoms in total. The smallest absolute Gasteiger partial charge is 0.226 e. The Labute approximate surface area is 231 Å². The zero-order chi connectivity index (χ0) is 27.4. The highest BCUT2D eigenvalue weighted by molar-refractivity contribution is 5.68. The van der Waals surface area contributed by atoms with Crippen molar-refractivity contribution in [1.82, 2.24) is 19.9 Å². The molecule has 2 aromatic heterocycles. The van der Waals surface area contributed by atoms with Crippen LogP contribution in [-0.4, -0.2) is 76.6 Å². The summed E-state index contributed by atoms with van der Waals surface area (Å²) in [6, 6.07) is 12.1. The molecule has 2 saturated heterocycles. The van der Waals surface area contributed by atoms with E-state index in [1.807, 2.05) is 44.3 Å². The Bertz CT molecular complexity index is 1270. The predicted octanol–water partition coefficient (Wildman–Crippen LogP) is 4.43. The second-order valence-electron chi connectivity index (χ2n) is 10.6. The molecule has 0 saturated carbocycles. The average Bonchev–Trinajstić information content (AvgIpc) is 2.96. The van der Waals surface area contributed by atoms with Crippen molar-refractivity contribution in [3.63, 3.8) is 0 Å². The Morgan fingerprint density at radius 3 is 2.59 bits per heavy atom. The lowest BCUT2D eigenvalue weighted by Gasteiger charge is -2.38. The fraction of sp³-hybridized carbons (Fsp3) is 0.452. The number of aliphatic hydroxyl groups is 1. The van der Waals surface area contributed by atoms with Crippen molar-refractivity contribution in [3.8, 4) is 11.3 Å². The number of nitrogens with zero attached hydrogens (tertiary/aromatic N) is 5. The van der Waals surface area contributed by atoms with E-state index in [1.54, 1.807) is 6.20 Å². The summed E-state index contributed by atoms with van der Waals surface area (Å²) in [6.07, 6.45) is 4.59. The molecule has 0 radical (unpaired) electrons. The van der Waals surface area contributed by atoms with E-state index in [2.05, 4.69) is 40.4 Å². The van der Waals surface area contributed by atoms with E-state index in [0.717, 1.165) is 71.1 Å². The summed E-state index contributed by atoms with van der Waals surface area (Å²) < 4.78 is 11.4. The maximum absolute atomic E-state index is 11.3. The van der Waals surface area contributed by atoms with E-state index in [4.69, 9.17) is 19.4 Å². The number of aromatic nitrogens is 3. The first kappa shape index (κ1) is 27.4. The van der Waals surface area contributed by atoms with Gasteiger partial charge in [-0.3, -0.25) is 9.88 Å². The van der Waals surface area contributed by atoms with Gasteiger partial charge in [-0.1, -0.05) is 30.8 Å². The molecule has 0 aliphatic carbocycles. The van der Waals surface area contributed by atoms with E-state index >= 15 is 0 Å². The highest BCUT2D eigenvalue weighted by Crippen LogP contribution is 2.32. The largest absolute Gasteiger partial charge is 0.378 e. The molecule has 3 atom stereocenters. The van der Waals surface area contributed by atoms with Crippen molar-refractivity contribution in [3.05, 3.63) is 77.8 Å². The monoisotopic (exact) mass is 529 g/mol.